The average Bonchev–Trinajstić information content (AvgIpc) is 2.65. The number of carbonyl (C=O) groups excluding carboxylic acids is 1. The van der Waals surface area contributed by atoms with Gasteiger partial charge >= 0.3 is 5.97 Å². The molecule has 2 rings (SSSR count). The molecule has 0 aromatic heterocycles. The van der Waals surface area contributed by atoms with Crippen LogP contribution in [-0.4, -0.2) is 108 Å². The van der Waals surface area contributed by atoms with Crippen molar-refractivity contribution in [2.75, 3.05) is 20.8 Å². The molecule has 2 aliphatic rings. The predicted molar refractivity (Wildman–Crippen MR) is 89.0 cm³/mol. The van der Waals surface area contributed by atoms with Crippen LogP contribution in [0, 0.1) is 0 Å². The highest BCUT2D eigenvalue weighted by atomic mass is 16.7. The molecule has 28 heavy (non-hydrogen) atoms. The topological polar surface area (TPSA) is 173 Å². The second-order valence-corrected chi connectivity index (χ2v) is 6.62. The fourth-order valence-electron chi connectivity index (χ4n) is 3.33. The van der Waals surface area contributed by atoms with Gasteiger partial charge in [0.15, 0.2) is 18.7 Å². The summed E-state index contributed by atoms with van der Waals surface area (Å²) in [5.74, 6) is -1.77. The number of carboxylic acid groups (broad SMARTS) is 1. The molecule has 1 amide bonds. The Kier molecular flexibility index (Phi) is 8.09. The van der Waals surface area contributed by atoms with Crippen molar-refractivity contribution in [2.24, 2.45) is 0 Å². The van der Waals surface area contributed by atoms with E-state index in [9.17, 15) is 30.0 Å². The van der Waals surface area contributed by atoms with Crippen molar-refractivity contribution in [1.29, 1.82) is 0 Å². The molecular weight excluding hydrogens is 382 g/mol. The van der Waals surface area contributed by atoms with Crippen molar-refractivity contribution in [3.05, 3.63) is 0 Å². The largest absolute Gasteiger partial charge is 0.479 e. The first-order valence-electron chi connectivity index (χ1n) is 8.72. The molecule has 0 saturated carbocycles. The highest BCUT2D eigenvalue weighted by Crippen LogP contribution is 2.30. The number of nitrogens with one attached hydrogen (secondary N) is 1. The van der Waals surface area contributed by atoms with Gasteiger partial charge in [-0.05, 0) is 0 Å². The summed E-state index contributed by atoms with van der Waals surface area (Å²) in [5.41, 5.74) is 0. The lowest BCUT2D eigenvalue weighted by atomic mass is 9.96. The number of aliphatic carboxylic acids is 1. The molecular formula is C16H27NO11. The average molecular weight is 409 g/mol. The van der Waals surface area contributed by atoms with Gasteiger partial charge < -0.3 is 49.4 Å². The molecule has 5 N–H and O–H groups in total. The smallest absolute Gasteiger partial charge is 0.335 e. The quantitative estimate of drug-likeness (QED) is 0.293. The number of carboxylic acids is 1. The fraction of sp³-hybridized carbons (Fsp3) is 0.875. The Morgan fingerprint density at radius 2 is 1.82 bits per heavy atom. The molecule has 0 bridgehead atoms. The van der Waals surface area contributed by atoms with Crippen LogP contribution in [0.3, 0.4) is 0 Å². The van der Waals surface area contributed by atoms with E-state index in [-0.39, 0.29) is 6.42 Å². The normalized spacial score (nSPS) is 41.4. The summed E-state index contributed by atoms with van der Waals surface area (Å²) >= 11 is 0. The zero-order valence-corrected chi connectivity index (χ0v) is 15.8. The summed E-state index contributed by atoms with van der Waals surface area (Å²) in [6.07, 6.45) is -9.89. The van der Waals surface area contributed by atoms with Crippen LogP contribution in [0.15, 0.2) is 0 Å². The zero-order valence-electron chi connectivity index (χ0n) is 15.8. The van der Waals surface area contributed by atoms with Gasteiger partial charge in [-0.15, -0.1) is 0 Å². The summed E-state index contributed by atoms with van der Waals surface area (Å²) in [6.45, 7) is 0.676. The Hall–Kier alpha value is -1.38. The first-order valence-corrected chi connectivity index (χ1v) is 8.72. The predicted octanol–water partition coefficient (Wildman–Crippen LogP) is -2.82. The van der Waals surface area contributed by atoms with Crippen molar-refractivity contribution >= 4 is 11.9 Å². The molecule has 162 valence electrons. The number of methoxy groups -OCH3 is 2. The van der Waals surface area contributed by atoms with Crippen LogP contribution in [0.1, 0.15) is 13.3 Å². The van der Waals surface area contributed by atoms with E-state index < -0.39 is 73.7 Å². The van der Waals surface area contributed by atoms with Gasteiger partial charge in [-0.1, -0.05) is 0 Å². The van der Waals surface area contributed by atoms with E-state index in [2.05, 4.69) is 5.32 Å². The van der Waals surface area contributed by atoms with Gasteiger partial charge in [0.05, 0.1) is 12.7 Å². The molecule has 2 heterocycles. The number of aliphatic hydroxyl groups is 3. The first kappa shape index (κ1) is 22.9. The van der Waals surface area contributed by atoms with Crippen molar-refractivity contribution in [2.45, 2.75) is 68.6 Å². The number of carbonyl (C=O) groups is 2. The summed E-state index contributed by atoms with van der Waals surface area (Å²) in [5, 5.41) is 42.1. The number of hydrogen-bond acceptors (Lipinski definition) is 10. The lowest BCUT2D eigenvalue weighted by molar-refractivity contribution is -0.326. The van der Waals surface area contributed by atoms with E-state index in [1.807, 2.05) is 0 Å². The molecule has 0 aromatic rings. The van der Waals surface area contributed by atoms with E-state index in [0.29, 0.717) is 0 Å². The number of aliphatic hydroxyl groups excluding tert-OH is 3. The summed E-state index contributed by atoms with van der Waals surface area (Å²) < 4.78 is 26.6. The third-order valence-electron chi connectivity index (χ3n) is 4.70. The van der Waals surface area contributed by atoms with Crippen molar-refractivity contribution in [3.63, 3.8) is 0 Å². The zero-order chi connectivity index (χ0) is 21.0. The summed E-state index contributed by atoms with van der Waals surface area (Å²) in [6, 6.07) is -1.01. The maximum absolute atomic E-state index is 11.6. The van der Waals surface area contributed by atoms with Crippen LogP contribution in [-0.2, 0) is 33.3 Å². The van der Waals surface area contributed by atoms with E-state index >= 15 is 0 Å². The number of amides is 1. The van der Waals surface area contributed by atoms with E-state index in [1.54, 1.807) is 0 Å². The molecule has 2 aliphatic heterocycles. The van der Waals surface area contributed by atoms with E-state index in [0.717, 1.165) is 0 Å². The molecule has 2 fully saturated rings. The Morgan fingerprint density at radius 1 is 1.14 bits per heavy atom. The highest BCUT2D eigenvalue weighted by molar-refractivity contribution is 5.73. The molecule has 0 spiro atoms. The van der Waals surface area contributed by atoms with Crippen LogP contribution in [0.5, 0.6) is 0 Å². The lowest BCUT2D eigenvalue weighted by Gasteiger charge is -2.46. The Morgan fingerprint density at radius 3 is 2.32 bits per heavy atom. The number of rotatable bonds is 7. The lowest BCUT2D eigenvalue weighted by Crippen LogP contribution is -2.67. The van der Waals surface area contributed by atoms with Gasteiger partial charge in [0.1, 0.15) is 30.5 Å². The van der Waals surface area contributed by atoms with Gasteiger partial charge in [-0.3, -0.25) is 4.79 Å². The molecule has 0 aromatic carbocycles. The minimum Gasteiger partial charge on any atom is -0.479 e. The van der Waals surface area contributed by atoms with E-state index in [4.69, 9.17) is 23.7 Å². The Labute approximate surface area is 161 Å². The fourth-order valence-corrected chi connectivity index (χ4v) is 3.33. The molecule has 9 atom stereocenters. The molecule has 12 heteroatoms. The van der Waals surface area contributed by atoms with Gasteiger partial charge in [0.25, 0.3) is 0 Å². The Bertz CT molecular complexity index is 547. The minimum atomic E-state index is -1.43. The van der Waals surface area contributed by atoms with Gasteiger partial charge in [-0.25, -0.2) is 4.79 Å². The third kappa shape index (κ3) is 4.96. The van der Waals surface area contributed by atoms with E-state index in [1.165, 1.54) is 21.1 Å². The van der Waals surface area contributed by atoms with Crippen LogP contribution in [0.2, 0.25) is 0 Å². The molecule has 2 saturated heterocycles. The summed E-state index contributed by atoms with van der Waals surface area (Å²) in [4.78, 5) is 23.0. The number of ether oxygens (including phenoxy) is 5. The molecule has 4 unspecified atom stereocenters. The SMILES string of the molecule is CO[C@@H]1OC(CO)[C@@H](O)[C@H](O[C@@H]2OC(C(=O)O)[C@@H](OC)CC2O)C1NC(C)=O. The molecule has 12 nitrogen and oxygen atoms in total. The Balaban J connectivity index is 2.24. The maximum Gasteiger partial charge on any atom is 0.335 e. The maximum atomic E-state index is 11.6. The third-order valence-corrected chi connectivity index (χ3v) is 4.70. The van der Waals surface area contributed by atoms with Crippen LogP contribution < -0.4 is 5.32 Å². The molecule has 0 aliphatic carbocycles. The number of hydrogen-bond donors (Lipinski definition) is 5. The van der Waals surface area contributed by atoms with Crippen molar-refractivity contribution < 1.29 is 53.7 Å². The monoisotopic (exact) mass is 409 g/mol. The van der Waals surface area contributed by atoms with Crippen LogP contribution in [0.25, 0.3) is 0 Å². The van der Waals surface area contributed by atoms with Crippen molar-refractivity contribution in [3.8, 4) is 0 Å². The van der Waals surface area contributed by atoms with Gasteiger partial charge in [0, 0.05) is 27.6 Å². The highest BCUT2D eigenvalue weighted by Gasteiger charge is 2.50. The molecule has 0 radical (unpaired) electrons. The van der Waals surface area contributed by atoms with Gasteiger partial charge in [0.2, 0.25) is 5.91 Å². The summed E-state index contributed by atoms with van der Waals surface area (Å²) in [7, 11) is 2.60. The second-order valence-electron chi connectivity index (χ2n) is 6.62. The van der Waals surface area contributed by atoms with Crippen LogP contribution in [0.4, 0.5) is 0 Å². The standard InChI is InChI=1S/C16H27NO11/c1-6(19)17-10-13(11(21)9(5-18)26-16(10)25-3)28-15-7(20)4-8(24-2)12(27-15)14(22)23/h7-13,15-16,18,20-21H,4-5H2,1-3H3,(H,17,19)(H,22,23)/t7?,8-,9?,10?,11+,12?,13+,15-,16+/m0/s1. The minimum absolute atomic E-state index is 0.0839. The first-order chi connectivity index (χ1) is 13.2. The van der Waals surface area contributed by atoms with Crippen LogP contribution >= 0.6 is 0 Å². The second kappa shape index (κ2) is 9.89. The van der Waals surface area contributed by atoms with Crippen molar-refractivity contribution in [1.82, 2.24) is 5.32 Å². The van der Waals surface area contributed by atoms with Gasteiger partial charge in [-0.2, -0.15) is 0 Å².